The van der Waals surface area contributed by atoms with Crippen molar-refractivity contribution in [3.8, 4) is 0 Å². The Morgan fingerprint density at radius 1 is 0.889 bits per heavy atom. The summed E-state index contributed by atoms with van der Waals surface area (Å²) >= 11 is 0. The van der Waals surface area contributed by atoms with E-state index in [2.05, 4.69) is 0 Å². The fraction of sp³-hybridized carbons (Fsp3) is 0.179. The van der Waals surface area contributed by atoms with Crippen molar-refractivity contribution >= 4 is 35.0 Å². The summed E-state index contributed by atoms with van der Waals surface area (Å²) in [5, 5.41) is 11.4. The minimum atomic E-state index is -0.967. The number of likely N-dealkylation sites (tertiary alicyclic amines) is 1. The zero-order valence-corrected chi connectivity index (χ0v) is 19.1. The number of amides is 2. The lowest BCUT2D eigenvalue weighted by molar-refractivity contribution is -0.384. The monoisotopic (exact) mass is 479 g/mol. The summed E-state index contributed by atoms with van der Waals surface area (Å²) in [6.07, 6.45) is 3.81. The molecule has 8 nitrogen and oxygen atoms in total. The summed E-state index contributed by atoms with van der Waals surface area (Å²) in [7, 11) is 0. The Labute approximate surface area is 206 Å². The van der Waals surface area contributed by atoms with Crippen molar-refractivity contribution in [2.75, 3.05) is 4.90 Å². The zero-order chi connectivity index (χ0) is 25.0. The molecule has 0 unspecified atom stereocenters. The molecule has 6 rings (SSSR count). The Morgan fingerprint density at radius 3 is 2.39 bits per heavy atom. The van der Waals surface area contributed by atoms with Gasteiger partial charge in [0.05, 0.1) is 29.3 Å². The molecule has 0 spiro atoms. The normalized spacial score (nSPS) is 23.9. The van der Waals surface area contributed by atoms with Gasteiger partial charge >= 0.3 is 0 Å². The fourth-order valence-electron chi connectivity index (χ4n) is 5.74. The highest BCUT2D eigenvalue weighted by Crippen LogP contribution is 2.49. The van der Waals surface area contributed by atoms with Crippen LogP contribution in [0, 0.1) is 22.0 Å². The summed E-state index contributed by atoms with van der Waals surface area (Å²) in [5.41, 5.74) is 2.40. The lowest BCUT2D eigenvalue weighted by atomic mass is 9.86. The third-order valence-corrected chi connectivity index (χ3v) is 7.30. The highest BCUT2D eigenvalue weighted by Gasteiger charge is 2.63. The van der Waals surface area contributed by atoms with Gasteiger partial charge in [0, 0.05) is 23.4 Å². The van der Waals surface area contributed by atoms with E-state index < -0.39 is 40.5 Å². The molecule has 3 aromatic rings. The molecule has 0 aliphatic carbocycles. The third kappa shape index (κ3) is 3.25. The van der Waals surface area contributed by atoms with Crippen LogP contribution in [0.4, 0.5) is 11.4 Å². The van der Waals surface area contributed by atoms with Gasteiger partial charge in [-0.25, -0.2) is 0 Å². The standard InChI is InChI=1S/C28H21N3O5/c32-26(19-10-6-11-20(15-19)31(35)36)25-24-23(22-14-13-18-9-4-5-12-21(18)30(22)25)27(33)29(28(24)34)16-17-7-2-1-3-8-17/h1-15,22-25H,16H2/t22-,23-,24+,25-/m0/s1. The third-order valence-electron chi connectivity index (χ3n) is 7.30. The second-order valence-corrected chi connectivity index (χ2v) is 9.23. The van der Waals surface area contributed by atoms with Gasteiger partial charge in [-0.05, 0) is 17.2 Å². The molecule has 4 atom stereocenters. The van der Waals surface area contributed by atoms with Gasteiger partial charge in [0.2, 0.25) is 11.8 Å². The van der Waals surface area contributed by atoms with Crippen LogP contribution < -0.4 is 4.90 Å². The van der Waals surface area contributed by atoms with Crippen LogP contribution in [0.5, 0.6) is 0 Å². The van der Waals surface area contributed by atoms with Crippen molar-refractivity contribution in [1.29, 1.82) is 0 Å². The zero-order valence-electron chi connectivity index (χ0n) is 19.1. The topological polar surface area (TPSA) is 101 Å². The first-order valence-corrected chi connectivity index (χ1v) is 11.7. The predicted octanol–water partition coefficient (Wildman–Crippen LogP) is 3.86. The molecule has 0 bridgehead atoms. The SMILES string of the molecule is O=C(c1cccc([N+](=O)[O-])c1)[C@@H]1[C@@H]2C(=O)N(Cc3ccccc3)C(=O)[C@H]2[C@@H]2C=Cc3ccccc3N12. The fourth-order valence-corrected chi connectivity index (χ4v) is 5.74. The number of non-ortho nitro benzene ring substituents is 1. The first-order chi connectivity index (χ1) is 17.5. The number of fused-ring (bicyclic) bond motifs is 5. The van der Waals surface area contributed by atoms with E-state index in [-0.39, 0.29) is 23.7 Å². The van der Waals surface area contributed by atoms with Crippen LogP contribution in [0.15, 0.2) is 84.9 Å². The minimum absolute atomic E-state index is 0.135. The molecule has 3 aromatic carbocycles. The van der Waals surface area contributed by atoms with Crippen LogP contribution in [-0.2, 0) is 16.1 Å². The molecule has 2 fully saturated rings. The van der Waals surface area contributed by atoms with Crippen molar-refractivity contribution in [2.45, 2.75) is 18.6 Å². The van der Waals surface area contributed by atoms with Gasteiger partial charge in [-0.2, -0.15) is 0 Å². The minimum Gasteiger partial charge on any atom is -0.352 e. The van der Waals surface area contributed by atoms with Crippen molar-refractivity contribution < 1.29 is 19.3 Å². The molecule has 2 amide bonds. The average molecular weight is 479 g/mol. The van der Waals surface area contributed by atoms with Crippen LogP contribution in [0.1, 0.15) is 21.5 Å². The largest absolute Gasteiger partial charge is 0.352 e. The summed E-state index contributed by atoms with van der Waals surface area (Å²) in [4.78, 5) is 55.3. The van der Waals surface area contributed by atoms with E-state index in [1.165, 1.54) is 29.2 Å². The number of rotatable bonds is 5. The van der Waals surface area contributed by atoms with E-state index in [1.807, 2.05) is 71.6 Å². The Balaban J connectivity index is 1.45. The molecule has 0 radical (unpaired) electrons. The number of hydrogen-bond donors (Lipinski definition) is 0. The summed E-state index contributed by atoms with van der Waals surface area (Å²) < 4.78 is 0. The number of carbonyl (C=O) groups is 3. The molecule has 3 aliphatic rings. The number of imide groups is 1. The van der Waals surface area contributed by atoms with Crippen molar-refractivity contribution in [1.82, 2.24) is 4.90 Å². The van der Waals surface area contributed by atoms with E-state index in [0.717, 1.165) is 16.8 Å². The molecule has 36 heavy (non-hydrogen) atoms. The maximum atomic E-state index is 14.0. The van der Waals surface area contributed by atoms with Gasteiger partial charge in [-0.3, -0.25) is 29.4 Å². The first kappa shape index (κ1) is 21.9. The van der Waals surface area contributed by atoms with Crippen molar-refractivity contribution in [3.05, 3.63) is 112 Å². The lowest BCUT2D eigenvalue weighted by Crippen LogP contribution is -2.48. The molecule has 0 saturated carbocycles. The maximum absolute atomic E-state index is 14.0. The number of Topliss-reactive ketones (excluding diaryl/α,β-unsaturated/α-hetero) is 1. The molecule has 8 heteroatoms. The van der Waals surface area contributed by atoms with E-state index in [1.54, 1.807) is 0 Å². The van der Waals surface area contributed by atoms with E-state index in [0.29, 0.717) is 0 Å². The molecule has 2 saturated heterocycles. The van der Waals surface area contributed by atoms with Crippen LogP contribution in [0.25, 0.3) is 6.08 Å². The van der Waals surface area contributed by atoms with Crippen molar-refractivity contribution in [3.63, 3.8) is 0 Å². The number of ketones is 1. The molecule has 178 valence electrons. The molecule has 0 N–H and O–H groups in total. The second-order valence-electron chi connectivity index (χ2n) is 9.23. The van der Waals surface area contributed by atoms with E-state index in [9.17, 15) is 24.5 Å². The van der Waals surface area contributed by atoms with Crippen LogP contribution >= 0.6 is 0 Å². The smallest absolute Gasteiger partial charge is 0.270 e. The number of benzene rings is 3. The highest BCUT2D eigenvalue weighted by molar-refractivity contribution is 6.14. The predicted molar refractivity (Wildman–Crippen MR) is 132 cm³/mol. The number of nitro groups is 1. The molecular formula is C28H21N3O5. The molecule has 3 heterocycles. The van der Waals surface area contributed by atoms with Crippen molar-refractivity contribution in [2.24, 2.45) is 11.8 Å². The summed E-state index contributed by atoms with van der Waals surface area (Å²) in [5.74, 6) is -2.73. The highest BCUT2D eigenvalue weighted by atomic mass is 16.6. The Bertz CT molecular complexity index is 1450. The maximum Gasteiger partial charge on any atom is 0.270 e. The number of nitro benzene ring substituents is 1. The van der Waals surface area contributed by atoms with Crippen LogP contribution in [0.3, 0.4) is 0 Å². The Morgan fingerprint density at radius 2 is 1.61 bits per heavy atom. The quantitative estimate of drug-likeness (QED) is 0.238. The molecule has 3 aliphatic heterocycles. The van der Waals surface area contributed by atoms with Crippen LogP contribution in [0.2, 0.25) is 0 Å². The number of para-hydroxylation sites is 1. The summed E-state index contributed by atoms with van der Waals surface area (Å²) in [6.45, 7) is 0.135. The van der Waals surface area contributed by atoms with Gasteiger partial charge in [-0.15, -0.1) is 0 Å². The molecule has 0 aromatic heterocycles. The van der Waals surface area contributed by atoms with Gasteiger partial charge in [0.15, 0.2) is 5.78 Å². The second kappa shape index (κ2) is 8.27. The van der Waals surface area contributed by atoms with E-state index >= 15 is 0 Å². The Hall–Kier alpha value is -4.59. The van der Waals surface area contributed by atoms with Gasteiger partial charge in [-0.1, -0.05) is 72.8 Å². The van der Waals surface area contributed by atoms with Gasteiger partial charge in [0.1, 0.15) is 6.04 Å². The lowest BCUT2D eigenvalue weighted by Gasteiger charge is -2.36. The van der Waals surface area contributed by atoms with Gasteiger partial charge in [0.25, 0.3) is 5.69 Å². The van der Waals surface area contributed by atoms with Crippen LogP contribution in [-0.4, -0.2) is 39.5 Å². The van der Waals surface area contributed by atoms with Gasteiger partial charge < -0.3 is 4.90 Å². The number of anilines is 1. The first-order valence-electron chi connectivity index (χ1n) is 11.7. The number of nitrogens with zero attached hydrogens (tertiary/aromatic N) is 3. The summed E-state index contributed by atoms with van der Waals surface area (Å²) in [6, 6.07) is 20.9. The number of hydrogen-bond acceptors (Lipinski definition) is 6. The molecular weight excluding hydrogens is 458 g/mol. The number of carbonyl (C=O) groups excluding carboxylic acids is 3. The Kier molecular flexibility index (Phi) is 5.03. The van der Waals surface area contributed by atoms with E-state index in [4.69, 9.17) is 0 Å². The average Bonchev–Trinajstić information content (AvgIpc) is 3.37.